The Kier molecular flexibility index (Phi) is 11.2. The van der Waals surface area contributed by atoms with E-state index in [4.69, 9.17) is 36.0 Å². The average molecular weight is 561 g/mol. The van der Waals surface area contributed by atoms with Gasteiger partial charge in [0.15, 0.2) is 5.82 Å². The number of nitrogens with one attached hydrogen (secondary N) is 1. The molecular formula is C25H32ClF3N4O5. The van der Waals surface area contributed by atoms with Crippen LogP contribution in [0.3, 0.4) is 0 Å². The maximum Gasteiger partial charge on any atom is 0.490 e. The fraction of sp³-hybridized carbons (Fsp3) is 0.480. The van der Waals surface area contributed by atoms with Gasteiger partial charge in [-0.25, -0.2) is 9.78 Å². The zero-order valence-electron chi connectivity index (χ0n) is 21.9. The van der Waals surface area contributed by atoms with Crippen LogP contribution in [0.2, 0.25) is 5.02 Å². The summed E-state index contributed by atoms with van der Waals surface area (Å²) in [5, 5.41) is 10.8. The van der Waals surface area contributed by atoms with E-state index in [1.807, 2.05) is 30.0 Å². The molecule has 1 aliphatic rings. The number of hydrogen-bond donors (Lipinski definition) is 2. The Labute approximate surface area is 224 Å². The van der Waals surface area contributed by atoms with Crippen molar-refractivity contribution >= 4 is 46.4 Å². The number of pyridine rings is 1. The van der Waals surface area contributed by atoms with Crippen LogP contribution in [0.25, 0.3) is 0 Å². The van der Waals surface area contributed by atoms with Gasteiger partial charge in [0.1, 0.15) is 12.2 Å². The van der Waals surface area contributed by atoms with Crippen molar-refractivity contribution in [2.45, 2.75) is 32.9 Å². The number of rotatable bonds is 9. The third-order valence-electron chi connectivity index (χ3n) is 5.57. The summed E-state index contributed by atoms with van der Waals surface area (Å²) < 4.78 is 42.3. The van der Waals surface area contributed by atoms with Gasteiger partial charge in [-0.3, -0.25) is 4.79 Å². The molecule has 38 heavy (non-hydrogen) atoms. The zero-order valence-corrected chi connectivity index (χ0v) is 22.6. The Morgan fingerprint density at radius 2 is 1.79 bits per heavy atom. The lowest BCUT2D eigenvalue weighted by Crippen LogP contribution is -2.38. The smallest absolute Gasteiger partial charge is 0.475 e. The first kappa shape index (κ1) is 31.1. The minimum Gasteiger partial charge on any atom is -0.475 e. The molecule has 0 spiro atoms. The van der Waals surface area contributed by atoms with E-state index in [1.54, 1.807) is 14.2 Å². The van der Waals surface area contributed by atoms with Gasteiger partial charge in [-0.15, -0.1) is 0 Å². The van der Waals surface area contributed by atoms with Crippen molar-refractivity contribution in [3.63, 3.8) is 0 Å². The van der Waals surface area contributed by atoms with Gasteiger partial charge in [-0.05, 0) is 36.6 Å². The number of hydrogen-bond acceptors (Lipinski definition) is 7. The molecular weight excluding hydrogens is 529 g/mol. The number of aryl methyl sites for hydroxylation is 1. The summed E-state index contributed by atoms with van der Waals surface area (Å²) >= 11 is 6.66. The van der Waals surface area contributed by atoms with E-state index in [0.29, 0.717) is 48.7 Å². The van der Waals surface area contributed by atoms with Crippen LogP contribution >= 0.6 is 11.6 Å². The number of halogens is 4. The molecule has 2 heterocycles. The first-order chi connectivity index (χ1) is 17.8. The summed E-state index contributed by atoms with van der Waals surface area (Å²) in [7, 11) is 3.35. The largest absolute Gasteiger partial charge is 0.490 e. The fourth-order valence-corrected chi connectivity index (χ4v) is 3.95. The predicted octanol–water partition coefficient (Wildman–Crippen LogP) is 4.99. The molecule has 0 aliphatic carbocycles. The lowest BCUT2D eigenvalue weighted by Gasteiger charge is -2.35. The van der Waals surface area contributed by atoms with Crippen LogP contribution in [0, 0.1) is 6.92 Å². The third kappa shape index (κ3) is 8.20. The van der Waals surface area contributed by atoms with E-state index in [9.17, 15) is 18.0 Å². The van der Waals surface area contributed by atoms with Gasteiger partial charge in [0.05, 0.1) is 29.6 Å². The third-order valence-corrected chi connectivity index (χ3v) is 5.88. The van der Waals surface area contributed by atoms with Gasteiger partial charge >= 0.3 is 12.1 Å². The summed E-state index contributed by atoms with van der Waals surface area (Å²) in [4.78, 5) is 30.4. The highest BCUT2D eigenvalue weighted by molar-refractivity contribution is 6.33. The molecule has 13 heteroatoms. The summed E-state index contributed by atoms with van der Waals surface area (Å²) in [6, 6.07) is 7.97. The molecule has 1 aromatic carbocycles. The highest BCUT2D eigenvalue weighted by Gasteiger charge is 2.38. The predicted molar refractivity (Wildman–Crippen MR) is 140 cm³/mol. The molecule has 210 valence electrons. The van der Waals surface area contributed by atoms with Crippen LogP contribution in [-0.2, 0) is 19.1 Å². The highest BCUT2D eigenvalue weighted by atomic mass is 35.5. The number of fused-ring (bicyclic) bond motifs is 1. The van der Waals surface area contributed by atoms with Crippen molar-refractivity contribution in [2.24, 2.45) is 0 Å². The highest BCUT2D eigenvalue weighted by Crippen LogP contribution is 2.42. The van der Waals surface area contributed by atoms with E-state index in [1.165, 1.54) is 0 Å². The number of aliphatic carboxylic acids is 1. The van der Waals surface area contributed by atoms with Crippen molar-refractivity contribution in [2.75, 3.05) is 62.2 Å². The van der Waals surface area contributed by atoms with Crippen molar-refractivity contribution in [3.8, 4) is 0 Å². The topological polar surface area (TPSA) is 104 Å². The van der Waals surface area contributed by atoms with Gasteiger partial charge in [-0.1, -0.05) is 31.5 Å². The lowest BCUT2D eigenvalue weighted by molar-refractivity contribution is -0.192. The number of ether oxygens (including phenoxy) is 2. The number of amides is 1. The molecule has 2 aromatic rings. The molecule has 0 saturated carbocycles. The van der Waals surface area contributed by atoms with Crippen LogP contribution in [0.1, 0.15) is 31.0 Å². The van der Waals surface area contributed by atoms with Crippen molar-refractivity contribution in [1.82, 2.24) is 4.98 Å². The second-order valence-electron chi connectivity index (χ2n) is 8.76. The number of carbonyl (C=O) groups is 2. The monoisotopic (exact) mass is 560 g/mol. The van der Waals surface area contributed by atoms with Gasteiger partial charge < -0.3 is 29.7 Å². The number of aromatic nitrogens is 1. The molecule has 1 amide bonds. The van der Waals surface area contributed by atoms with Crippen molar-refractivity contribution in [3.05, 3.63) is 40.5 Å². The molecule has 1 aliphatic heterocycles. The molecule has 0 fully saturated rings. The van der Waals surface area contributed by atoms with Crippen LogP contribution in [0.5, 0.6) is 0 Å². The minimum absolute atomic E-state index is 0.109. The Hall–Kier alpha value is -3.09. The molecule has 0 atom stereocenters. The Bertz CT molecular complexity index is 1120. The van der Waals surface area contributed by atoms with Crippen LogP contribution in [0.4, 0.5) is 36.1 Å². The number of alkyl halides is 3. The number of carboxylic acid groups (broad SMARTS) is 1. The van der Waals surface area contributed by atoms with Crippen molar-refractivity contribution in [1.29, 1.82) is 0 Å². The second-order valence-corrected chi connectivity index (χ2v) is 9.16. The molecule has 2 N–H and O–H groups in total. The zero-order chi connectivity index (χ0) is 28.6. The summed E-state index contributed by atoms with van der Waals surface area (Å²) in [6.45, 7) is 8.79. The number of carbonyl (C=O) groups excluding carboxylic acids is 1. The van der Waals surface area contributed by atoms with Gasteiger partial charge in [0.2, 0.25) is 5.91 Å². The first-order valence-electron chi connectivity index (χ1n) is 11.7. The molecule has 1 aromatic heterocycles. The minimum atomic E-state index is -5.08. The average Bonchev–Trinajstić information content (AvgIpc) is 2.83. The number of carboxylic acids is 1. The standard InChI is InChI=1S/C23H31ClN4O3.C2HF3O2/c1-15(2)17-6-7-19(18(24)13-17)28-14-21(29)26-22-20(12-16(3)25-23(22)28)27(8-10-30-4)9-11-31-5;3-2(4,5)1(6)7/h6-7,12-13,15H,8-11,14H2,1-5H3,(H,26,29);(H,6,7). The quantitative estimate of drug-likeness (QED) is 0.442. The number of benzene rings is 1. The van der Waals surface area contributed by atoms with E-state index in [-0.39, 0.29) is 12.5 Å². The molecule has 3 rings (SSSR count). The summed E-state index contributed by atoms with van der Waals surface area (Å²) in [5.41, 5.74) is 4.34. The second kappa shape index (κ2) is 13.6. The SMILES string of the molecule is COCCN(CCOC)c1cc(C)nc2c1NC(=O)CN2c1ccc(C(C)C)cc1Cl.O=C(O)C(F)(F)F. The van der Waals surface area contributed by atoms with Gasteiger partial charge in [-0.2, -0.15) is 13.2 Å². The number of anilines is 4. The maximum absolute atomic E-state index is 12.7. The molecule has 0 radical (unpaired) electrons. The maximum atomic E-state index is 12.7. The van der Waals surface area contributed by atoms with Gasteiger partial charge in [0, 0.05) is 33.0 Å². The Balaban J connectivity index is 0.000000638. The van der Waals surface area contributed by atoms with E-state index >= 15 is 0 Å². The number of methoxy groups -OCH3 is 2. The first-order valence-corrected chi connectivity index (χ1v) is 12.1. The summed E-state index contributed by atoms with van der Waals surface area (Å²) in [5.74, 6) is -1.81. The fourth-order valence-electron chi connectivity index (χ4n) is 3.66. The lowest BCUT2D eigenvalue weighted by atomic mass is 10.0. The van der Waals surface area contributed by atoms with E-state index < -0.39 is 12.1 Å². The van der Waals surface area contributed by atoms with Gasteiger partial charge in [0.25, 0.3) is 0 Å². The number of nitrogens with zero attached hydrogens (tertiary/aromatic N) is 3. The van der Waals surface area contributed by atoms with Crippen LogP contribution in [0.15, 0.2) is 24.3 Å². The summed E-state index contributed by atoms with van der Waals surface area (Å²) in [6.07, 6.45) is -5.08. The molecule has 0 saturated heterocycles. The Morgan fingerprint density at radius 1 is 1.21 bits per heavy atom. The molecule has 9 nitrogen and oxygen atoms in total. The van der Waals surface area contributed by atoms with Crippen LogP contribution in [-0.4, -0.2) is 75.2 Å². The Morgan fingerprint density at radius 3 is 2.26 bits per heavy atom. The van der Waals surface area contributed by atoms with E-state index in [2.05, 4.69) is 30.1 Å². The van der Waals surface area contributed by atoms with Crippen molar-refractivity contribution < 1.29 is 37.3 Å². The molecule has 0 unspecified atom stereocenters. The normalized spacial score (nSPS) is 13.0. The van der Waals surface area contributed by atoms with Crippen LogP contribution < -0.4 is 15.1 Å². The van der Waals surface area contributed by atoms with E-state index in [0.717, 1.165) is 22.6 Å². The molecule has 0 bridgehead atoms.